The van der Waals surface area contributed by atoms with E-state index < -0.39 is 0 Å². The minimum Gasteiger partial charge on any atom is -0.0809 e. The minimum atomic E-state index is 0.736. The van der Waals surface area contributed by atoms with Crippen molar-refractivity contribution in [3.8, 4) is 0 Å². The molecule has 2 rings (SSSR count). The first-order valence-electron chi connectivity index (χ1n) is 2.92. The third-order valence-electron chi connectivity index (χ3n) is 1.84. The van der Waals surface area contributed by atoms with Gasteiger partial charge in [-0.15, -0.1) is 0 Å². The van der Waals surface area contributed by atoms with Gasteiger partial charge >= 0.3 is 0 Å². The molecule has 0 saturated carbocycles. The van der Waals surface area contributed by atoms with Crippen LogP contribution in [-0.2, 0) is 0 Å². The molecule has 0 spiro atoms. The monoisotopic (exact) mass is 170 g/mol. The molecule has 0 aromatic carbocycles. The molecule has 0 heterocycles. The van der Waals surface area contributed by atoms with Crippen molar-refractivity contribution in [2.45, 2.75) is 6.42 Å². The summed E-state index contributed by atoms with van der Waals surface area (Å²) in [6, 6.07) is 0. The summed E-state index contributed by atoms with van der Waals surface area (Å²) in [6.07, 6.45) is 8.19. The molecule has 2 aliphatic carbocycles. The summed E-state index contributed by atoms with van der Waals surface area (Å²) in [5.74, 6) is 1.49. The van der Waals surface area contributed by atoms with E-state index >= 15 is 0 Å². The van der Waals surface area contributed by atoms with Crippen LogP contribution in [0.2, 0.25) is 0 Å². The van der Waals surface area contributed by atoms with E-state index in [1.54, 1.807) is 0 Å². The molecule has 0 aromatic rings. The number of halogens is 1. The summed E-state index contributed by atoms with van der Waals surface area (Å²) < 4.78 is 1.39. The molecule has 0 aromatic heterocycles. The second-order valence-electron chi connectivity index (χ2n) is 2.44. The van der Waals surface area contributed by atoms with Crippen LogP contribution in [-0.4, -0.2) is 0 Å². The standard InChI is InChI=1S/C7H7Br/c8-7-4-5-1-2-6(7)3-5/h1-2,4-6H,3H2/t5-,6+/m0/s1. The van der Waals surface area contributed by atoms with Crippen molar-refractivity contribution in [1.29, 1.82) is 0 Å². The van der Waals surface area contributed by atoms with Crippen molar-refractivity contribution in [2.75, 3.05) is 0 Å². The van der Waals surface area contributed by atoms with E-state index in [2.05, 4.69) is 34.2 Å². The predicted molar refractivity (Wildman–Crippen MR) is 37.7 cm³/mol. The Bertz CT molecular complexity index is 167. The van der Waals surface area contributed by atoms with Crippen LogP contribution in [0.3, 0.4) is 0 Å². The lowest BCUT2D eigenvalue weighted by Crippen LogP contribution is -1.83. The first-order valence-corrected chi connectivity index (χ1v) is 3.71. The van der Waals surface area contributed by atoms with Crippen LogP contribution in [0.25, 0.3) is 0 Å². The Labute approximate surface area is 57.4 Å². The van der Waals surface area contributed by atoms with Gasteiger partial charge in [-0.25, -0.2) is 0 Å². The van der Waals surface area contributed by atoms with Gasteiger partial charge in [-0.3, -0.25) is 0 Å². The molecule has 0 N–H and O–H groups in total. The maximum Gasteiger partial charge on any atom is 0.00899 e. The van der Waals surface area contributed by atoms with E-state index in [1.165, 1.54) is 10.9 Å². The molecule has 42 valence electrons. The number of allylic oxidation sites excluding steroid dienone is 4. The molecule has 0 aliphatic heterocycles. The molecule has 1 heteroatoms. The molecule has 8 heavy (non-hydrogen) atoms. The average molecular weight is 171 g/mol. The van der Waals surface area contributed by atoms with Crippen LogP contribution >= 0.6 is 15.9 Å². The Morgan fingerprint density at radius 2 is 2.38 bits per heavy atom. The maximum atomic E-state index is 3.51. The smallest absolute Gasteiger partial charge is 0.00899 e. The van der Waals surface area contributed by atoms with Gasteiger partial charge in [-0.1, -0.05) is 34.2 Å². The Kier molecular flexibility index (Phi) is 0.884. The lowest BCUT2D eigenvalue weighted by atomic mass is 10.2. The molecule has 2 atom stereocenters. The Balaban J connectivity index is 2.36. The van der Waals surface area contributed by atoms with E-state index in [0.717, 1.165) is 11.8 Å². The fourth-order valence-electron chi connectivity index (χ4n) is 1.38. The minimum absolute atomic E-state index is 0.736. The number of hydrogen-bond acceptors (Lipinski definition) is 0. The van der Waals surface area contributed by atoms with Crippen LogP contribution < -0.4 is 0 Å². The molecule has 0 nitrogen and oxygen atoms in total. The van der Waals surface area contributed by atoms with Crippen molar-refractivity contribution in [2.24, 2.45) is 11.8 Å². The highest BCUT2D eigenvalue weighted by molar-refractivity contribution is 9.11. The van der Waals surface area contributed by atoms with Gasteiger partial charge < -0.3 is 0 Å². The van der Waals surface area contributed by atoms with Crippen molar-refractivity contribution in [3.63, 3.8) is 0 Å². The molecule has 0 saturated heterocycles. The van der Waals surface area contributed by atoms with Gasteiger partial charge in [0.05, 0.1) is 0 Å². The zero-order valence-electron chi connectivity index (χ0n) is 4.47. The Morgan fingerprint density at radius 1 is 1.50 bits per heavy atom. The average Bonchev–Trinajstić information content (AvgIpc) is 2.23. The SMILES string of the molecule is BrC1=C[C@H]2C=C[C@@H]1C2. The van der Waals surface area contributed by atoms with Crippen molar-refractivity contribution >= 4 is 15.9 Å². The van der Waals surface area contributed by atoms with Gasteiger partial charge in [0.2, 0.25) is 0 Å². The van der Waals surface area contributed by atoms with Crippen molar-refractivity contribution < 1.29 is 0 Å². The Morgan fingerprint density at radius 3 is 2.62 bits per heavy atom. The zero-order chi connectivity index (χ0) is 5.56. The summed E-state index contributed by atoms with van der Waals surface area (Å²) >= 11 is 3.51. The van der Waals surface area contributed by atoms with Crippen LogP contribution in [0.1, 0.15) is 6.42 Å². The first-order chi connectivity index (χ1) is 3.86. The second-order valence-corrected chi connectivity index (χ2v) is 3.36. The maximum absolute atomic E-state index is 3.51. The molecule has 0 radical (unpaired) electrons. The summed E-state index contributed by atoms with van der Waals surface area (Å²) in [5, 5.41) is 0. The van der Waals surface area contributed by atoms with Crippen LogP contribution in [0.4, 0.5) is 0 Å². The van der Waals surface area contributed by atoms with Gasteiger partial charge in [0.1, 0.15) is 0 Å². The van der Waals surface area contributed by atoms with E-state index in [1.807, 2.05) is 0 Å². The summed E-state index contributed by atoms with van der Waals surface area (Å²) in [4.78, 5) is 0. The lowest BCUT2D eigenvalue weighted by molar-refractivity contribution is 0.729. The molecule has 2 aliphatic rings. The van der Waals surface area contributed by atoms with E-state index in [4.69, 9.17) is 0 Å². The van der Waals surface area contributed by atoms with Crippen molar-refractivity contribution in [1.82, 2.24) is 0 Å². The van der Waals surface area contributed by atoms with Crippen molar-refractivity contribution in [3.05, 3.63) is 22.7 Å². The first kappa shape index (κ1) is 4.80. The highest BCUT2D eigenvalue weighted by Crippen LogP contribution is 2.40. The van der Waals surface area contributed by atoms with Gasteiger partial charge in [0.15, 0.2) is 0 Å². The van der Waals surface area contributed by atoms with Gasteiger partial charge in [0.25, 0.3) is 0 Å². The molecule has 0 fully saturated rings. The van der Waals surface area contributed by atoms with Crippen LogP contribution in [0, 0.1) is 11.8 Å². The van der Waals surface area contributed by atoms with Gasteiger partial charge in [-0.05, 0) is 16.8 Å². The van der Waals surface area contributed by atoms with Gasteiger partial charge in [-0.2, -0.15) is 0 Å². The third-order valence-corrected chi connectivity index (χ3v) is 2.70. The summed E-state index contributed by atoms with van der Waals surface area (Å²) in [5.41, 5.74) is 0. The number of hydrogen-bond donors (Lipinski definition) is 0. The summed E-state index contributed by atoms with van der Waals surface area (Å²) in [6.45, 7) is 0. The van der Waals surface area contributed by atoms with Crippen LogP contribution in [0.5, 0.6) is 0 Å². The Hall–Kier alpha value is -0.0400. The lowest BCUT2D eigenvalue weighted by Gasteiger charge is -1.97. The largest absolute Gasteiger partial charge is 0.0809 e. The van der Waals surface area contributed by atoms with E-state index in [0.29, 0.717) is 0 Å². The van der Waals surface area contributed by atoms with E-state index in [-0.39, 0.29) is 0 Å². The highest BCUT2D eigenvalue weighted by Gasteiger charge is 2.25. The number of fused-ring (bicyclic) bond motifs is 2. The zero-order valence-corrected chi connectivity index (χ0v) is 6.06. The molecular weight excluding hydrogens is 164 g/mol. The van der Waals surface area contributed by atoms with Crippen LogP contribution in [0.15, 0.2) is 22.7 Å². The molecule has 2 bridgehead atoms. The predicted octanol–water partition coefficient (Wildman–Crippen LogP) is 2.47. The van der Waals surface area contributed by atoms with Gasteiger partial charge in [0, 0.05) is 5.92 Å². The normalized spacial score (nSPS) is 40.9. The fraction of sp³-hybridized carbons (Fsp3) is 0.429. The quantitative estimate of drug-likeness (QED) is 0.491. The molecule has 0 unspecified atom stereocenters. The third kappa shape index (κ3) is 0.510. The summed E-state index contributed by atoms with van der Waals surface area (Å²) in [7, 11) is 0. The highest BCUT2D eigenvalue weighted by atomic mass is 79.9. The number of rotatable bonds is 0. The topological polar surface area (TPSA) is 0 Å². The second kappa shape index (κ2) is 1.47. The fourth-order valence-corrected chi connectivity index (χ4v) is 2.06. The van der Waals surface area contributed by atoms with E-state index in [9.17, 15) is 0 Å². The molecular formula is C7H7Br. The molecule has 0 amide bonds.